The van der Waals surface area contributed by atoms with Crippen molar-refractivity contribution >= 4 is 11.6 Å². The van der Waals surface area contributed by atoms with Gasteiger partial charge in [-0.05, 0) is 31.0 Å². The second-order valence-corrected chi connectivity index (χ2v) is 4.28. The van der Waals surface area contributed by atoms with Gasteiger partial charge in [0.05, 0.1) is 12.1 Å². The van der Waals surface area contributed by atoms with Crippen molar-refractivity contribution in [2.75, 3.05) is 13.7 Å². The Kier molecular flexibility index (Phi) is 3.62. The molecule has 1 N–H and O–H groups in total. The van der Waals surface area contributed by atoms with Crippen LogP contribution in [0.5, 0.6) is 0 Å². The van der Waals surface area contributed by atoms with E-state index in [1.54, 1.807) is 7.11 Å². The Morgan fingerprint density at radius 1 is 1.40 bits per heavy atom. The van der Waals surface area contributed by atoms with Gasteiger partial charge < -0.3 is 10.1 Å². The number of piperidine rings is 1. The number of methoxy groups -OCH3 is 1. The van der Waals surface area contributed by atoms with Crippen LogP contribution < -0.4 is 5.32 Å². The molecule has 0 spiro atoms. The molecule has 82 valence electrons. The lowest BCUT2D eigenvalue weighted by atomic mass is 9.94. The van der Waals surface area contributed by atoms with Crippen molar-refractivity contribution < 1.29 is 4.74 Å². The number of ether oxygens (including phenoxy) is 1. The van der Waals surface area contributed by atoms with Gasteiger partial charge in [-0.15, -0.1) is 0 Å². The highest BCUT2D eigenvalue weighted by Crippen LogP contribution is 2.30. The predicted molar refractivity (Wildman–Crippen MR) is 62.2 cm³/mol. The van der Waals surface area contributed by atoms with E-state index in [0.29, 0.717) is 0 Å². The zero-order valence-corrected chi connectivity index (χ0v) is 9.63. The summed E-state index contributed by atoms with van der Waals surface area (Å²) in [5, 5.41) is 4.29. The van der Waals surface area contributed by atoms with Crippen molar-refractivity contribution in [1.29, 1.82) is 0 Å². The van der Waals surface area contributed by atoms with Crippen LogP contribution in [-0.2, 0) is 4.74 Å². The van der Waals surface area contributed by atoms with Gasteiger partial charge in [-0.25, -0.2) is 0 Å². The number of hydrogen-bond donors (Lipinski definition) is 1. The molecule has 1 aliphatic heterocycles. The normalized spacial score (nSPS) is 26.5. The van der Waals surface area contributed by atoms with Crippen LogP contribution in [0.3, 0.4) is 0 Å². The molecule has 2 rings (SSSR count). The summed E-state index contributed by atoms with van der Waals surface area (Å²) < 4.78 is 5.49. The van der Waals surface area contributed by atoms with E-state index in [1.165, 1.54) is 6.42 Å². The minimum atomic E-state index is 0.234. The van der Waals surface area contributed by atoms with Gasteiger partial charge in [-0.1, -0.05) is 29.8 Å². The van der Waals surface area contributed by atoms with Crippen LogP contribution in [0.15, 0.2) is 24.3 Å². The van der Waals surface area contributed by atoms with E-state index in [2.05, 4.69) is 11.4 Å². The Balaban J connectivity index is 2.24. The molecule has 2 nitrogen and oxygen atoms in total. The Morgan fingerprint density at radius 2 is 2.20 bits per heavy atom. The topological polar surface area (TPSA) is 21.3 Å². The summed E-state index contributed by atoms with van der Waals surface area (Å²) >= 11 is 6.18. The lowest BCUT2D eigenvalue weighted by Gasteiger charge is -2.32. The first-order valence-electron chi connectivity index (χ1n) is 5.33. The number of halogens is 1. The van der Waals surface area contributed by atoms with E-state index in [0.717, 1.165) is 23.6 Å². The number of hydrogen-bond acceptors (Lipinski definition) is 2. The Bertz CT molecular complexity index is 329. The van der Waals surface area contributed by atoms with E-state index in [-0.39, 0.29) is 12.1 Å². The Labute approximate surface area is 95.6 Å². The van der Waals surface area contributed by atoms with Crippen molar-refractivity contribution in [3.05, 3.63) is 34.9 Å². The summed E-state index contributed by atoms with van der Waals surface area (Å²) in [6.45, 7) is 1.04. The average Bonchev–Trinajstić information content (AvgIpc) is 2.30. The van der Waals surface area contributed by atoms with Gasteiger partial charge in [0.2, 0.25) is 0 Å². The van der Waals surface area contributed by atoms with Crippen LogP contribution >= 0.6 is 11.6 Å². The van der Waals surface area contributed by atoms with Gasteiger partial charge in [0, 0.05) is 12.1 Å². The molecule has 2 unspecified atom stereocenters. The van der Waals surface area contributed by atoms with Gasteiger partial charge >= 0.3 is 0 Å². The molecule has 2 atom stereocenters. The largest absolute Gasteiger partial charge is 0.379 e. The summed E-state index contributed by atoms with van der Waals surface area (Å²) in [6, 6.07) is 8.20. The van der Waals surface area contributed by atoms with Crippen LogP contribution in [0, 0.1) is 0 Å². The SMILES string of the molecule is COC1CCCNC1c1ccccc1Cl. The molecule has 1 aliphatic rings. The van der Waals surface area contributed by atoms with E-state index in [1.807, 2.05) is 18.2 Å². The third kappa shape index (κ3) is 2.33. The fourth-order valence-electron chi connectivity index (χ4n) is 2.15. The van der Waals surface area contributed by atoms with E-state index >= 15 is 0 Å². The summed E-state index contributed by atoms with van der Waals surface area (Å²) in [5.74, 6) is 0. The first-order chi connectivity index (χ1) is 7.33. The summed E-state index contributed by atoms with van der Waals surface area (Å²) in [5.41, 5.74) is 1.14. The van der Waals surface area contributed by atoms with Crippen LogP contribution in [0.25, 0.3) is 0 Å². The molecular formula is C12H16ClNO. The zero-order valence-electron chi connectivity index (χ0n) is 8.87. The van der Waals surface area contributed by atoms with Crippen LogP contribution in [0.4, 0.5) is 0 Å². The lowest BCUT2D eigenvalue weighted by molar-refractivity contribution is 0.0452. The molecule has 1 heterocycles. The van der Waals surface area contributed by atoms with Crippen molar-refractivity contribution in [3.8, 4) is 0 Å². The highest BCUT2D eigenvalue weighted by Gasteiger charge is 2.27. The van der Waals surface area contributed by atoms with Crippen molar-refractivity contribution in [2.24, 2.45) is 0 Å². The fraction of sp³-hybridized carbons (Fsp3) is 0.500. The molecule has 0 aromatic heterocycles. The summed E-state index contributed by atoms with van der Waals surface area (Å²) in [4.78, 5) is 0. The standard InChI is InChI=1S/C12H16ClNO/c1-15-11-7-4-8-14-12(11)9-5-2-3-6-10(9)13/h2-3,5-6,11-12,14H,4,7-8H2,1H3. The molecule has 15 heavy (non-hydrogen) atoms. The maximum atomic E-state index is 6.18. The molecule has 0 aliphatic carbocycles. The molecular weight excluding hydrogens is 210 g/mol. The minimum absolute atomic E-state index is 0.234. The van der Waals surface area contributed by atoms with Crippen molar-refractivity contribution in [3.63, 3.8) is 0 Å². The van der Waals surface area contributed by atoms with Gasteiger partial charge in [0.25, 0.3) is 0 Å². The molecule has 1 fully saturated rings. The molecule has 1 aromatic carbocycles. The highest BCUT2D eigenvalue weighted by molar-refractivity contribution is 6.31. The molecule has 0 radical (unpaired) electrons. The average molecular weight is 226 g/mol. The van der Waals surface area contributed by atoms with Gasteiger partial charge in [-0.3, -0.25) is 0 Å². The zero-order chi connectivity index (χ0) is 10.7. The maximum absolute atomic E-state index is 6.18. The van der Waals surface area contributed by atoms with E-state index < -0.39 is 0 Å². The van der Waals surface area contributed by atoms with Gasteiger partial charge in [0.1, 0.15) is 0 Å². The second kappa shape index (κ2) is 4.97. The van der Waals surface area contributed by atoms with Gasteiger partial charge in [0.15, 0.2) is 0 Å². The first-order valence-corrected chi connectivity index (χ1v) is 5.71. The van der Waals surface area contributed by atoms with Crippen molar-refractivity contribution in [1.82, 2.24) is 5.32 Å². The van der Waals surface area contributed by atoms with Crippen LogP contribution in [0.2, 0.25) is 5.02 Å². The Hall–Kier alpha value is -0.570. The summed E-state index contributed by atoms with van der Waals surface area (Å²) in [6.07, 6.45) is 2.50. The molecule has 0 amide bonds. The molecule has 0 bridgehead atoms. The van der Waals surface area contributed by atoms with E-state index in [9.17, 15) is 0 Å². The third-order valence-corrected chi connectivity index (χ3v) is 3.29. The van der Waals surface area contributed by atoms with Crippen LogP contribution in [0.1, 0.15) is 24.4 Å². The van der Waals surface area contributed by atoms with E-state index in [4.69, 9.17) is 16.3 Å². The monoisotopic (exact) mass is 225 g/mol. The first kappa shape index (κ1) is 10.9. The molecule has 1 saturated heterocycles. The quantitative estimate of drug-likeness (QED) is 0.836. The summed E-state index contributed by atoms with van der Waals surface area (Å²) in [7, 11) is 1.77. The molecule has 1 aromatic rings. The molecule has 3 heteroatoms. The van der Waals surface area contributed by atoms with Crippen molar-refractivity contribution in [2.45, 2.75) is 25.0 Å². The van der Waals surface area contributed by atoms with Crippen LogP contribution in [-0.4, -0.2) is 19.8 Å². The minimum Gasteiger partial charge on any atom is -0.379 e. The smallest absolute Gasteiger partial charge is 0.0767 e. The van der Waals surface area contributed by atoms with Gasteiger partial charge in [-0.2, -0.15) is 0 Å². The highest BCUT2D eigenvalue weighted by atomic mass is 35.5. The number of nitrogens with one attached hydrogen (secondary N) is 1. The lowest BCUT2D eigenvalue weighted by Crippen LogP contribution is -2.38. The number of rotatable bonds is 2. The predicted octanol–water partition coefficient (Wildman–Crippen LogP) is 2.78. The third-order valence-electron chi connectivity index (χ3n) is 2.94. The fourth-order valence-corrected chi connectivity index (χ4v) is 2.40. The maximum Gasteiger partial charge on any atom is 0.0767 e. The number of benzene rings is 1. The molecule has 0 saturated carbocycles. The Morgan fingerprint density at radius 3 is 2.93 bits per heavy atom. The second-order valence-electron chi connectivity index (χ2n) is 3.87.